The molecule has 4 nitrogen and oxygen atoms in total. The number of benzene rings is 1. The first-order valence-electron chi connectivity index (χ1n) is 5.49. The molecule has 0 spiro atoms. The number of aliphatic hydroxyl groups is 1. The van der Waals surface area contributed by atoms with Gasteiger partial charge in [0, 0.05) is 5.69 Å². The largest absolute Gasteiger partial charge is 0.511 e. The van der Waals surface area contributed by atoms with E-state index < -0.39 is 0 Å². The van der Waals surface area contributed by atoms with Gasteiger partial charge in [-0.3, -0.25) is 9.59 Å². The Balaban J connectivity index is 2.55. The van der Waals surface area contributed by atoms with E-state index in [9.17, 15) is 19.1 Å². The number of carbonyl (C=O) groups excluding carboxylic acids is 2. The average Bonchev–Trinajstić information content (AvgIpc) is 2.31. The third-order valence-electron chi connectivity index (χ3n) is 2.12. The Kier molecular flexibility index (Phi) is 5.57. The fraction of sp³-hybridized carbons (Fsp3) is 0.231. The summed E-state index contributed by atoms with van der Waals surface area (Å²) in [4.78, 5) is 22.9. The van der Waals surface area contributed by atoms with E-state index in [0.717, 1.165) is 11.8 Å². The Labute approximate surface area is 114 Å². The maximum Gasteiger partial charge on any atom is 0.234 e. The van der Waals surface area contributed by atoms with Crippen LogP contribution in [0, 0.1) is 5.82 Å². The van der Waals surface area contributed by atoms with Crippen LogP contribution in [0.25, 0.3) is 0 Å². The van der Waals surface area contributed by atoms with Crippen LogP contribution in [0.1, 0.15) is 13.8 Å². The maximum absolute atomic E-state index is 12.7. The molecule has 2 N–H and O–H groups in total. The van der Waals surface area contributed by atoms with Gasteiger partial charge in [-0.15, -0.1) is 11.8 Å². The molecule has 0 aliphatic carbocycles. The third kappa shape index (κ3) is 5.13. The third-order valence-corrected chi connectivity index (χ3v) is 3.40. The highest BCUT2D eigenvalue weighted by Gasteiger charge is 2.11. The summed E-state index contributed by atoms with van der Waals surface area (Å²) < 4.78 is 12.7. The molecule has 1 amide bonds. The number of Topliss-reactive ketones (excluding diaryl/α,β-unsaturated/α-hetero) is 1. The molecule has 0 saturated heterocycles. The molecule has 0 heterocycles. The van der Waals surface area contributed by atoms with E-state index in [1.54, 1.807) is 0 Å². The number of hydrogen-bond donors (Lipinski definition) is 2. The van der Waals surface area contributed by atoms with E-state index in [2.05, 4.69) is 5.32 Å². The Morgan fingerprint density at radius 3 is 2.32 bits per heavy atom. The Morgan fingerprint density at radius 2 is 1.84 bits per heavy atom. The minimum atomic E-state index is -0.384. The van der Waals surface area contributed by atoms with Gasteiger partial charge in [0.2, 0.25) is 5.91 Å². The summed E-state index contributed by atoms with van der Waals surface area (Å²) in [5.41, 5.74) is 0.473. The maximum atomic E-state index is 12.7. The van der Waals surface area contributed by atoms with E-state index in [4.69, 9.17) is 0 Å². The number of thioether (sulfide) groups is 1. The van der Waals surface area contributed by atoms with Crippen LogP contribution in [-0.4, -0.2) is 22.5 Å². The summed E-state index contributed by atoms with van der Waals surface area (Å²) in [6, 6.07) is 5.36. The normalized spacial score (nSPS) is 11.7. The summed E-state index contributed by atoms with van der Waals surface area (Å²) in [7, 11) is 0. The van der Waals surface area contributed by atoms with Gasteiger partial charge in [0.05, 0.1) is 10.7 Å². The predicted molar refractivity (Wildman–Crippen MR) is 73.5 cm³/mol. The molecule has 0 bridgehead atoms. The molecular weight excluding hydrogens is 269 g/mol. The topological polar surface area (TPSA) is 66.4 Å². The number of anilines is 1. The molecule has 0 fully saturated rings. The zero-order chi connectivity index (χ0) is 14.4. The Morgan fingerprint density at radius 1 is 1.26 bits per heavy atom. The molecule has 0 aromatic heterocycles. The zero-order valence-electron chi connectivity index (χ0n) is 10.6. The van der Waals surface area contributed by atoms with Crippen molar-refractivity contribution in [1.82, 2.24) is 0 Å². The molecular formula is C13H14FNO3S. The highest BCUT2D eigenvalue weighted by molar-refractivity contribution is 8.04. The van der Waals surface area contributed by atoms with Gasteiger partial charge >= 0.3 is 0 Å². The van der Waals surface area contributed by atoms with Crippen molar-refractivity contribution < 1.29 is 19.1 Å². The molecule has 6 heteroatoms. The van der Waals surface area contributed by atoms with Gasteiger partial charge in [-0.1, -0.05) is 0 Å². The lowest BCUT2D eigenvalue weighted by Crippen LogP contribution is -2.15. The van der Waals surface area contributed by atoms with E-state index in [1.165, 1.54) is 38.1 Å². The molecule has 0 saturated carbocycles. The smallest absolute Gasteiger partial charge is 0.234 e. The van der Waals surface area contributed by atoms with Gasteiger partial charge in [-0.2, -0.15) is 0 Å². The molecule has 0 radical (unpaired) electrons. The van der Waals surface area contributed by atoms with Crippen molar-refractivity contribution in [2.24, 2.45) is 0 Å². The summed E-state index contributed by atoms with van der Waals surface area (Å²) in [5, 5.41) is 11.8. The molecule has 102 valence electrons. The van der Waals surface area contributed by atoms with Crippen LogP contribution in [-0.2, 0) is 9.59 Å². The summed E-state index contributed by atoms with van der Waals surface area (Å²) in [5.74, 6) is -1.13. The first kappa shape index (κ1) is 15.2. The minimum Gasteiger partial charge on any atom is -0.511 e. The molecule has 0 aliphatic rings. The lowest BCUT2D eigenvalue weighted by molar-refractivity contribution is -0.114. The standard InChI is InChI=1S/C13H14FNO3S/c1-8(16)13(9(2)17)19-7-12(18)15-11-5-3-10(14)4-6-11/h3-6,16H,7H2,1-2H3,(H,15,18). The summed E-state index contributed by atoms with van der Waals surface area (Å²) >= 11 is 0.962. The summed E-state index contributed by atoms with van der Waals surface area (Å²) in [6.45, 7) is 2.71. The van der Waals surface area contributed by atoms with Crippen LogP contribution >= 0.6 is 11.8 Å². The van der Waals surface area contributed by atoms with Gasteiger partial charge in [-0.25, -0.2) is 4.39 Å². The van der Waals surface area contributed by atoms with Crippen molar-refractivity contribution in [2.75, 3.05) is 11.1 Å². The molecule has 19 heavy (non-hydrogen) atoms. The van der Waals surface area contributed by atoms with Crippen LogP contribution in [0.3, 0.4) is 0 Å². The van der Waals surface area contributed by atoms with Gasteiger partial charge in [0.25, 0.3) is 0 Å². The summed E-state index contributed by atoms with van der Waals surface area (Å²) in [6.07, 6.45) is 0. The van der Waals surface area contributed by atoms with E-state index in [0.29, 0.717) is 5.69 Å². The monoisotopic (exact) mass is 283 g/mol. The molecule has 1 aromatic rings. The van der Waals surface area contributed by atoms with E-state index in [1.807, 2.05) is 0 Å². The molecule has 1 aromatic carbocycles. The van der Waals surface area contributed by atoms with Gasteiger partial charge < -0.3 is 10.4 Å². The quantitative estimate of drug-likeness (QED) is 0.644. The second-order valence-electron chi connectivity index (χ2n) is 3.81. The molecule has 0 unspecified atom stereocenters. The Bertz CT molecular complexity index is 507. The first-order valence-corrected chi connectivity index (χ1v) is 6.47. The second kappa shape index (κ2) is 6.94. The van der Waals surface area contributed by atoms with Crippen molar-refractivity contribution in [1.29, 1.82) is 0 Å². The fourth-order valence-corrected chi connectivity index (χ4v) is 2.09. The van der Waals surface area contributed by atoms with Crippen molar-refractivity contribution in [3.8, 4) is 0 Å². The zero-order valence-corrected chi connectivity index (χ0v) is 11.4. The van der Waals surface area contributed by atoms with Crippen molar-refractivity contribution >= 4 is 29.1 Å². The predicted octanol–water partition coefficient (Wildman–Crippen LogP) is 2.88. The van der Waals surface area contributed by atoms with E-state index in [-0.39, 0.29) is 33.9 Å². The number of allylic oxidation sites excluding steroid dienone is 2. The van der Waals surface area contributed by atoms with Gasteiger partial charge in [-0.05, 0) is 38.1 Å². The number of rotatable bonds is 5. The number of nitrogens with one attached hydrogen (secondary N) is 1. The number of hydrogen-bond acceptors (Lipinski definition) is 4. The highest BCUT2D eigenvalue weighted by atomic mass is 32.2. The van der Waals surface area contributed by atoms with Crippen molar-refractivity contribution in [3.63, 3.8) is 0 Å². The van der Waals surface area contributed by atoms with Crippen molar-refractivity contribution in [3.05, 3.63) is 40.7 Å². The number of ketones is 1. The van der Waals surface area contributed by atoms with Gasteiger partial charge in [0.15, 0.2) is 5.78 Å². The fourth-order valence-electron chi connectivity index (χ4n) is 1.33. The second-order valence-corrected chi connectivity index (χ2v) is 4.80. The molecule has 1 rings (SSSR count). The number of amides is 1. The van der Waals surface area contributed by atoms with Crippen LogP contribution < -0.4 is 5.32 Å². The number of carbonyl (C=O) groups is 2. The van der Waals surface area contributed by atoms with Crippen LogP contribution in [0.2, 0.25) is 0 Å². The van der Waals surface area contributed by atoms with Gasteiger partial charge in [0.1, 0.15) is 11.6 Å². The lowest BCUT2D eigenvalue weighted by Gasteiger charge is -2.06. The average molecular weight is 283 g/mol. The number of halogens is 1. The van der Waals surface area contributed by atoms with Crippen LogP contribution in [0.4, 0.5) is 10.1 Å². The lowest BCUT2D eigenvalue weighted by atomic mass is 10.3. The SMILES string of the molecule is CC(=O)C(SCC(=O)Nc1ccc(F)cc1)=C(C)O. The highest BCUT2D eigenvalue weighted by Crippen LogP contribution is 2.20. The van der Waals surface area contributed by atoms with Crippen molar-refractivity contribution in [2.45, 2.75) is 13.8 Å². The number of aliphatic hydroxyl groups excluding tert-OH is 1. The molecule has 0 aliphatic heterocycles. The minimum absolute atomic E-state index is 0.00973. The van der Waals surface area contributed by atoms with Crippen LogP contribution in [0.15, 0.2) is 34.9 Å². The van der Waals surface area contributed by atoms with Crippen LogP contribution in [0.5, 0.6) is 0 Å². The van der Waals surface area contributed by atoms with E-state index >= 15 is 0 Å². The Hall–Kier alpha value is -1.82. The molecule has 0 atom stereocenters. The first-order chi connectivity index (χ1) is 8.90.